The summed E-state index contributed by atoms with van der Waals surface area (Å²) in [7, 11) is 0. The highest BCUT2D eigenvalue weighted by molar-refractivity contribution is 6.42. The first kappa shape index (κ1) is 14.8. The molecule has 0 bridgehead atoms. The van der Waals surface area contributed by atoms with Gasteiger partial charge >= 0.3 is 0 Å². The molecule has 1 N–H and O–H groups in total. The third-order valence-electron chi connectivity index (χ3n) is 2.79. The minimum Gasteiger partial charge on any atom is -0.352 e. The molecule has 0 spiro atoms. The number of nitrogens with one attached hydrogen (secondary N) is 1. The van der Waals surface area contributed by atoms with Crippen molar-refractivity contribution in [1.82, 2.24) is 5.32 Å². The van der Waals surface area contributed by atoms with E-state index in [1.54, 1.807) is 24.3 Å². The van der Waals surface area contributed by atoms with Crippen LogP contribution in [-0.2, 0) is 6.42 Å². The molecule has 0 unspecified atom stereocenters. The Morgan fingerprint density at radius 3 is 2.40 bits per heavy atom. The van der Waals surface area contributed by atoms with Crippen molar-refractivity contribution in [3.8, 4) is 0 Å². The fourth-order valence-corrected chi connectivity index (χ4v) is 2.01. The average Bonchev–Trinajstić information content (AvgIpc) is 2.44. The fraction of sp³-hybridized carbons (Fsp3) is 0.133. The first-order valence-electron chi connectivity index (χ1n) is 6.04. The Bertz CT molecular complexity index is 614. The maximum atomic E-state index is 12.7. The zero-order valence-corrected chi connectivity index (χ0v) is 12.0. The van der Waals surface area contributed by atoms with Gasteiger partial charge in [-0.15, -0.1) is 0 Å². The van der Waals surface area contributed by atoms with E-state index >= 15 is 0 Å². The van der Waals surface area contributed by atoms with E-state index in [0.717, 1.165) is 5.56 Å². The second kappa shape index (κ2) is 6.73. The summed E-state index contributed by atoms with van der Waals surface area (Å²) in [6, 6.07) is 10.9. The molecule has 0 saturated heterocycles. The molecule has 5 heteroatoms. The normalized spacial score (nSPS) is 10.3. The standard InChI is InChI=1S/C15H12Cl2FNO/c16-13-6-3-11(9-14(13)17)15(20)19-8-7-10-1-4-12(18)5-2-10/h1-6,9H,7-8H2,(H,19,20). The number of hydrogen-bond acceptors (Lipinski definition) is 1. The van der Waals surface area contributed by atoms with Crippen LogP contribution in [0, 0.1) is 5.82 Å². The van der Waals surface area contributed by atoms with Crippen molar-refractivity contribution in [1.29, 1.82) is 0 Å². The molecule has 0 atom stereocenters. The van der Waals surface area contributed by atoms with E-state index in [2.05, 4.69) is 5.32 Å². The zero-order chi connectivity index (χ0) is 14.5. The summed E-state index contributed by atoms with van der Waals surface area (Å²) >= 11 is 11.6. The number of halogens is 3. The summed E-state index contributed by atoms with van der Waals surface area (Å²) in [6.07, 6.45) is 0.632. The number of amides is 1. The van der Waals surface area contributed by atoms with Crippen LogP contribution in [-0.4, -0.2) is 12.5 Å². The van der Waals surface area contributed by atoms with Gasteiger partial charge in [-0.3, -0.25) is 4.79 Å². The molecule has 0 aliphatic rings. The summed E-state index contributed by atoms with van der Waals surface area (Å²) in [5, 5.41) is 3.53. The van der Waals surface area contributed by atoms with Crippen LogP contribution in [0.15, 0.2) is 42.5 Å². The molecular weight excluding hydrogens is 300 g/mol. The second-order valence-electron chi connectivity index (χ2n) is 4.26. The van der Waals surface area contributed by atoms with Crippen LogP contribution >= 0.6 is 23.2 Å². The van der Waals surface area contributed by atoms with Crippen molar-refractivity contribution in [3.63, 3.8) is 0 Å². The molecule has 0 aromatic heterocycles. The molecule has 0 fully saturated rings. The Labute approximate surface area is 126 Å². The Balaban J connectivity index is 1.88. The van der Waals surface area contributed by atoms with Gasteiger partial charge in [0.1, 0.15) is 5.82 Å². The van der Waals surface area contributed by atoms with Crippen LogP contribution in [0.3, 0.4) is 0 Å². The predicted octanol–water partition coefficient (Wildman–Crippen LogP) is 4.11. The predicted molar refractivity (Wildman–Crippen MR) is 78.9 cm³/mol. The molecule has 2 aromatic carbocycles. The van der Waals surface area contributed by atoms with E-state index in [4.69, 9.17) is 23.2 Å². The lowest BCUT2D eigenvalue weighted by Gasteiger charge is -2.06. The largest absolute Gasteiger partial charge is 0.352 e. The molecule has 0 saturated carbocycles. The number of carbonyl (C=O) groups excluding carboxylic acids is 1. The van der Waals surface area contributed by atoms with Crippen molar-refractivity contribution in [2.45, 2.75) is 6.42 Å². The smallest absolute Gasteiger partial charge is 0.251 e. The van der Waals surface area contributed by atoms with Crippen LogP contribution in [0.2, 0.25) is 10.0 Å². The maximum Gasteiger partial charge on any atom is 0.251 e. The molecule has 0 radical (unpaired) electrons. The van der Waals surface area contributed by atoms with Gasteiger partial charge in [0.25, 0.3) is 5.91 Å². The van der Waals surface area contributed by atoms with Crippen molar-refractivity contribution in [2.75, 3.05) is 6.54 Å². The Morgan fingerprint density at radius 2 is 1.75 bits per heavy atom. The Kier molecular flexibility index (Phi) is 4.99. The fourth-order valence-electron chi connectivity index (χ4n) is 1.71. The lowest BCUT2D eigenvalue weighted by Crippen LogP contribution is -2.25. The van der Waals surface area contributed by atoms with Crippen LogP contribution in [0.4, 0.5) is 4.39 Å². The first-order chi connectivity index (χ1) is 9.56. The molecule has 2 nitrogen and oxygen atoms in total. The minimum absolute atomic E-state index is 0.217. The summed E-state index contributed by atoms with van der Waals surface area (Å²) in [4.78, 5) is 11.9. The number of benzene rings is 2. The molecule has 0 heterocycles. The van der Waals surface area contributed by atoms with Crippen molar-refractivity contribution in [3.05, 3.63) is 69.5 Å². The van der Waals surface area contributed by atoms with Gasteiger partial charge in [0.05, 0.1) is 10.0 Å². The monoisotopic (exact) mass is 311 g/mol. The lowest BCUT2D eigenvalue weighted by molar-refractivity contribution is 0.0954. The Morgan fingerprint density at radius 1 is 1.05 bits per heavy atom. The van der Waals surface area contributed by atoms with Crippen molar-refractivity contribution < 1.29 is 9.18 Å². The first-order valence-corrected chi connectivity index (χ1v) is 6.79. The van der Waals surface area contributed by atoms with Gasteiger partial charge in [-0.1, -0.05) is 35.3 Å². The molecule has 1 amide bonds. The van der Waals surface area contributed by atoms with E-state index in [1.165, 1.54) is 18.2 Å². The third-order valence-corrected chi connectivity index (χ3v) is 3.53. The summed E-state index contributed by atoms with van der Waals surface area (Å²) < 4.78 is 12.7. The van der Waals surface area contributed by atoms with Crippen LogP contribution in [0.5, 0.6) is 0 Å². The molecule has 0 aliphatic carbocycles. The summed E-state index contributed by atoms with van der Waals surface area (Å²) in [5.41, 5.74) is 1.42. The van der Waals surface area contributed by atoms with Gasteiger partial charge in [-0.25, -0.2) is 4.39 Å². The van der Waals surface area contributed by atoms with E-state index in [-0.39, 0.29) is 11.7 Å². The van der Waals surface area contributed by atoms with E-state index in [0.29, 0.717) is 28.6 Å². The second-order valence-corrected chi connectivity index (χ2v) is 5.08. The number of rotatable bonds is 4. The third kappa shape index (κ3) is 3.95. The molecule has 2 rings (SSSR count). The molecule has 104 valence electrons. The van der Waals surface area contributed by atoms with Gasteiger partial charge in [-0.2, -0.15) is 0 Å². The van der Waals surface area contributed by atoms with Crippen molar-refractivity contribution in [2.24, 2.45) is 0 Å². The zero-order valence-electron chi connectivity index (χ0n) is 10.5. The molecule has 2 aromatic rings. The maximum absolute atomic E-state index is 12.7. The van der Waals surface area contributed by atoms with Gasteiger partial charge in [0.15, 0.2) is 0 Å². The molecule has 0 aliphatic heterocycles. The lowest BCUT2D eigenvalue weighted by atomic mass is 10.1. The van der Waals surface area contributed by atoms with Gasteiger partial charge in [0.2, 0.25) is 0 Å². The van der Waals surface area contributed by atoms with Gasteiger partial charge < -0.3 is 5.32 Å². The highest BCUT2D eigenvalue weighted by atomic mass is 35.5. The minimum atomic E-state index is -0.270. The van der Waals surface area contributed by atoms with Crippen molar-refractivity contribution >= 4 is 29.1 Å². The molecule has 20 heavy (non-hydrogen) atoms. The summed E-state index contributed by atoms with van der Waals surface area (Å²) in [6.45, 7) is 0.463. The Hall–Kier alpha value is -1.58. The van der Waals surface area contributed by atoms with Crippen LogP contribution < -0.4 is 5.32 Å². The summed E-state index contributed by atoms with van der Waals surface area (Å²) in [5.74, 6) is -0.487. The number of hydrogen-bond donors (Lipinski definition) is 1. The van der Waals surface area contributed by atoms with E-state index in [1.807, 2.05) is 0 Å². The van der Waals surface area contributed by atoms with Crippen LogP contribution in [0.25, 0.3) is 0 Å². The highest BCUT2D eigenvalue weighted by Crippen LogP contribution is 2.22. The van der Waals surface area contributed by atoms with E-state index in [9.17, 15) is 9.18 Å². The van der Waals surface area contributed by atoms with Crippen LogP contribution in [0.1, 0.15) is 15.9 Å². The SMILES string of the molecule is O=C(NCCc1ccc(F)cc1)c1ccc(Cl)c(Cl)c1. The number of carbonyl (C=O) groups is 1. The quantitative estimate of drug-likeness (QED) is 0.904. The van der Waals surface area contributed by atoms with Gasteiger partial charge in [0, 0.05) is 12.1 Å². The van der Waals surface area contributed by atoms with Gasteiger partial charge in [-0.05, 0) is 42.3 Å². The highest BCUT2D eigenvalue weighted by Gasteiger charge is 2.07. The van der Waals surface area contributed by atoms with E-state index < -0.39 is 0 Å². The average molecular weight is 312 g/mol. The topological polar surface area (TPSA) is 29.1 Å². The molecular formula is C15H12Cl2FNO.